The monoisotopic (exact) mass is 501 g/mol. The van der Waals surface area contributed by atoms with Crippen LogP contribution in [0.3, 0.4) is 0 Å². The van der Waals surface area contributed by atoms with Crippen LogP contribution in [-0.2, 0) is 26.2 Å². The van der Waals surface area contributed by atoms with E-state index in [2.05, 4.69) is 5.32 Å². The van der Waals surface area contributed by atoms with Crippen LogP contribution >= 0.6 is 0 Å². The van der Waals surface area contributed by atoms with Gasteiger partial charge in [-0.2, -0.15) is 0 Å². The first-order valence-electron chi connectivity index (χ1n) is 12.3. The Labute approximate surface area is 210 Å². The maximum absolute atomic E-state index is 13.4. The van der Waals surface area contributed by atoms with Crippen LogP contribution in [0.2, 0.25) is 0 Å². The van der Waals surface area contributed by atoms with Crippen LogP contribution < -0.4 is 5.32 Å². The molecule has 2 rings (SSSR count). The first kappa shape index (κ1) is 28.5. The Morgan fingerprint density at radius 1 is 1.00 bits per heavy atom. The van der Waals surface area contributed by atoms with Crippen molar-refractivity contribution in [1.29, 1.82) is 0 Å². The van der Waals surface area contributed by atoms with Gasteiger partial charge in [0.25, 0.3) is 0 Å². The van der Waals surface area contributed by atoms with Gasteiger partial charge in [0.15, 0.2) is 0 Å². The van der Waals surface area contributed by atoms with Crippen molar-refractivity contribution in [3.8, 4) is 0 Å². The van der Waals surface area contributed by atoms with Crippen molar-refractivity contribution >= 4 is 21.8 Å². The summed E-state index contributed by atoms with van der Waals surface area (Å²) >= 11 is 0. The van der Waals surface area contributed by atoms with Gasteiger partial charge in [-0.3, -0.25) is 9.59 Å². The molecule has 2 aromatic carbocycles. The Morgan fingerprint density at radius 3 is 2.29 bits per heavy atom. The van der Waals surface area contributed by atoms with Gasteiger partial charge in [-0.05, 0) is 50.8 Å². The zero-order valence-corrected chi connectivity index (χ0v) is 22.3. The summed E-state index contributed by atoms with van der Waals surface area (Å²) in [4.78, 5) is 28.3. The molecule has 1 N–H and O–H groups in total. The number of aryl methyl sites for hydroxylation is 1. The topological polar surface area (TPSA) is 86.8 Å². The lowest BCUT2D eigenvalue weighted by atomic mass is 10.1. The number of benzene rings is 2. The average Bonchev–Trinajstić information content (AvgIpc) is 2.84. The number of carbonyl (C=O) groups is 2. The summed E-state index contributed by atoms with van der Waals surface area (Å²) in [5, 5.41) is 3.01. The van der Waals surface area contributed by atoms with E-state index in [0.29, 0.717) is 19.4 Å². The zero-order valence-electron chi connectivity index (χ0n) is 21.5. The van der Waals surface area contributed by atoms with E-state index < -0.39 is 16.1 Å². The summed E-state index contributed by atoms with van der Waals surface area (Å²) in [6.07, 6.45) is 1.79. The molecule has 0 radical (unpaired) electrons. The third-order valence-corrected chi connectivity index (χ3v) is 8.01. The molecule has 0 fully saturated rings. The van der Waals surface area contributed by atoms with E-state index in [1.807, 2.05) is 52.0 Å². The number of nitrogens with one attached hydrogen (secondary N) is 1. The molecular weight excluding hydrogens is 462 g/mol. The van der Waals surface area contributed by atoms with Crippen LogP contribution in [0.25, 0.3) is 0 Å². The number of sulfonamides is 1. The first-order chi connectivity index (χ1) is 16.6. The quantitative estimate of drug-likeness (QED) is 0.447. The molecule has 2 atom stereocenters. The van der Waals surface area contributed by atoms with Crippen LogP contribution in [0, 0.1) is 6.92 Å². The van der Waals surface area contributed by atoms with Gasteiger partial charge in [0, 0.05) is 32.6 Å². The highest BCUT2D eigenvalue weighted by atomic mass is 32.2. The molecule has 0 aromatic heterocycles. The third-order valence-electron chi connectivity index (χ3n) is 6.14. The van der Waals surface area contributed by atoms with Crippen molar-refractivity contribution < 1.29 is 18.0 Å². The van der Waals surface area contributed by atoms with Gasteiger partial charge in [-0.15, -0.1) is 0 Å². The molecule has 2 unspecified atom stereocenters. The van der Waals surface area contributed by atoms with Crippen molar-refractivity contribution in [3.63, 3.8) is 0 Å². The second-order valence-corrected chi connectivity index (χ2v) is 11.0. The molecule has 0 aliphatic carbocycles. The predicted molar refractivity (Wildman–Crippen MR) is 139 cm³/mol. The molecule has 0 aliphatic rings. The number of hydrogen-bond donors (Lipinski definition) is 1. The molecule has 0 bridgehead atoms. The fourth-order valence-electron chi connectivity index (χ4n) is 3.86. The minimum Gasteiger partial charge on any atom is -0.352 e. The van der Waals surface area contributed by atoms with Gasteiger partial charge < -0.3 is 10.2 Å². The largest absolute Gasteiger partial charge is 0.352 e. The standard InChI is InChI=1S/C27H39N3O4S/c1-6-22(4)28-27(32)25(7-2)30(20-23-14-11-13-21(3)19-23)26(31)17-12-18-29(5)35(33,34)24-15-9-8-10-16-24/h8-11,13-16,19,22,25H,6-7,12,17-18,20H2,1-5H3,(H,28,32). The van der Waals surface area contributed by atoms with Crippen molar-refractivity contribution in [2.24, 2.45) is 0 Å². The molecule has 0 saturated heterocycles. The van der Waals surface area contributed by atoms with Crippen molar-refractivity contribution in [2.75, 3.05) is 13.6 Å². The van der Waals surface area contributed by atoms with E-state index in [4.69, 9.17) is 0 Å². The third kappa shape index (κ3) is 8.18. The van der Waals surface area contributed by atoms with Crippen LogP contribution in [0.5, 0.6) is 0 Å². The van der Waals surface area contributed by atoms with E-state index in [0.717, 1.165) is 17.5 Å². The second kappa shape index (κ2) is 13.4. The van der Waals surface area contributed by atoms with Crippen LogP contribution in [0.1, 0.15) is 57.6 Å². The Hall–Kier alpha value is -2.71. The highest BCUT2D eigenvalue weighted by molar-refractivity contribution is 7.89. The van der Waals surface area contributed by atoms with E-state index in [9.17, 15) is 18.0 Å². The Bertz CT molecular complexity index is 1070. The maximum Gasteiger partial charge on any atom is 0.243 e. The van der Waals surface area contributed by atoms with E-state index in [-0.39, 0.29) is 35.7 Å². The minimum absolute atomic E-state index is 0.0179. The second-order valence-electron chi connectivity index (χ2n) is 9.00. The molecule has 0 heterocycles. The molecule has 0 saturated carbocycles. The fraction of sp³-hybridized carbons (Fsp3) is 0.481. The van der Waals surface area contributed by atoms with Gasteiger partial charge >= 0.3 is 0 Å². The fourth-order valence-corrected chi connectivity index (χ4v) is 5.09. The zero-order chi connectivity index (χ0) is 26.0. The van der Waals surface area contributed by atoms with Crippen molar-refractivity contribution in [2.45, 2.75) is 76.9 Å². The number of rotatable bonds is 13. The molecule has 0 aliphatic heterocycles. The van der Waals surface area contributed by atoms with Gasteiger partial charge in [-0.25, -0.2) is 12.7 Å². The number of amides is 2. The summed E-state index contributed by atoms with van der Waals surface area (Å²) in [5.74, 6) is -0.324. The SMILES string of the molecule is CCC(C)NC(=O)C(CC)N(Cc1cccc(C)c1)C(=O)CCCN(C)S(=O)(=O)c1ccccc1. The minimum atomic E-state index is -3.62. The van der Waals surface area contributed by atoms with E-state index in [1.54, 1.807) is 35.2 Å². The number of nitrogens with zero attached hydrogens (tertiary/aromatic N) is 2. The molecule has 7 nitrogen and oxygen atoms in total. The lowest BCUT2D eigenvalue weighted by Gasteiger charge is -2.32. The molecule has 2 amide bonds. The van der Waals surface area contributed by atoms with Gasteiger partial charge in [0.05, 0.1) is 4.90 Å². The van der Waals surface area contributed by atoms with Gasteiger partial charge in [-0.1, -0.05) is 61.9 Å². The summed E-state index contributed by atoms with van der Waals surface area (Å²) in [5.41, 5.74) is 2.04. The molecule has 192 valence electrons. The summed E-state index contributed by atoms with van der Waals surface area (Å²) < 4.78 is 26.8. The summed E-state index contributed by atoms with van der Waals surface area (Å²) in [6.45, 7) is 8.37. The smallest absolute Gasteiger partial charge is 0.243 e. The van der Waals surface area contributed by atoms with Crippen LogP contribution in [-0.4, -0.2) is 55.1 Å². The highest BCUT2D eigenvalue weighted by Crippen LogP contribution is 2.17. The van der Waals surface area contributed by atoms with E-state index >= 15 is 0 Å². The Morgan fingerprint density at radius 2 is 1.69 bits per heavy atom. The van der Waals surface area contributed by atoms with Gasteiger partial charge in [0.1, 0.15) is 6.04 Å². The van der Waals surface area contributed by atoms with Crippen molar-refractivity contribution in [1.82, 2.24) is 14.5 Å². The first-order valence-corrected chi connectivity index (χ1v) is 13.7. The van der Waals surface area contributed by atoms with Crippen LogP contribution in [0.4, 0.5) is 0 Å². The molecule has 35 heavy (non-hydrogen) atoms. The number of carbonyl (C=O) groups excluding carboxylic acids is 2. The average molecular weight is 502 g/mol. The normalized spacial score (nSPS) is 13.3. The van der Waals surface area contributed by atoms with E-state index in [1.165, 1.54) is 11.4 Å². The maximum atomic E-state index is 13.4. The molecule has 0 spiro atoms. The lowest BCUT2D eigenvalue weighted by molar-refractivity contribution is -0.141. The molecule has 2 aromatic rings. The highest BCUT2D eigenvalue weighted by Gasteiger charge is 2.29. The Balaban J connectivity index is 2.14. The molecular formula is C27H39N3O4S. The Kier molecular flexibility index (Phi) is 10.9. The predicted octanol–water partition coefficient (Wildman–Crippen LogP) is 4.12. The van der Waals surface area contributed by atoms with Crippen molar-refractivity contribution in [3.05, 3.63) is 65.7 Å². The molecule has 8 heteroatoms. The summed E-state index contributed by atoms with van der Waals surface area (Å²) in [6, 6.07) is 15.6. The lowest BCUT2D eigenvalue weighted by Crippen LogP contribution is -2.50. The number of hydrogen-bond acceptors (Lipinski definition) is 4. The van der Waals surface area contributed by atoms with Crippen LogP contribution in [0.15, 0.2) is 59.5 Å². The van der Waals surface area contributed by atoms with Gasteiger partial charge in [0.2, 0.25) is 21.8 Å². The summed E-state index contributed by atoms with van der Waals surface area (Å²) in [7, 11) is -2.10.